The van der Waals surface area contributed by atoms with Crippen molar-refractivity contribution in [3.63, 3.8) is 0 Å². The summed E-state index contributed by atoms with van der Waals surface area (Å²) in [5.41, 5.74) is 2.93. The molecule has 34 heavy (non-hydrogen) atoms. The van der Waals surface area contributed by atoms with Crippen molar-refractivity contribution in [2.45, 2.75) is 32.7 Å². The highest BCUT2D eigenvalue weighted by Crippen LogP contribution is 2.25. The summed E-state index contributed by atoms with van der Waals surface area (Å²) >= 11 is 6.12. The topological polar surface area (TPSA) is 70.3 Å². The number of halogens is 1. The van der Waals surface area contributed by atoms with Crippen LogP contribution in [0.15, 0.2) is 59.3 Å². The minimum absolute atomic E-state index is 0.632. The van der Waals surface area contributed by atoms with Crippen LogP contribution in [-0.2, 0) is 6.54 Å². The van der Waals surface area contributed by atoms with Gasteiger partial charge in [0.05, 0.1) is 18.3 Å². The van der Waals surface area contributed by atoms with Gasteiger partial charge in [0.2, 0.25) is 5.95 Å². The number of hydrogen-bond donors (Lipinski definition) is 1. The first-order valence-electron chi connectivity index (χ1n) is 11.8. The molecule has 176 valence electrons. The lowest BCUT2D eigenvalue weighted by Crippen LogP contribution is -2.28. The van der Waals surface area contributed by atoms with E-state index in [2.05, 4.69) is 26.2 Å². The van der Waals surface area contributed by atoms with Gasteiger partial charge >= 0.3 is 0 Å². The lowest BCUT2D eigenvalue weighted by atomic mass is 10.2. The van der Waals surface area contributed by atoms with Gasteiger partial charge < -0.3 is 19.5 Å². The number of benzene rings is 1. The zero-order valence-electron chi connectivity index (χ0n) is 19.4. The minimum atomic E-state index is 0.632. The van der Waals surface area contributed by atoms with Gasteiger partial charge in [-0.15, -0.1) is 0 Å². The molecule has 4 aromatic rings. The molecule has 1 N–H and O–H groups in total. The average Bonchev–Trinajstić information content (AvgIpc) is 3.55. The van der Waals surface area contributed by atoms with Crippen LogP contribution in [0.1, 0.15) is 30.7 Å². The monoisotopic (exact) mass is 476 g/mol. The van der Waals surface area contributed by atoms with E-state index in [1.807, 2.05) is 49.5 Å². The number of rotatable bonds is 9. The predicted molar refractivity (Wildman–Crippen MR) is 138 cm³/mol. The molecule has 0 radical (unpaired) electrons. The van der Waals surface area contributed by atoms with E-state index >= 15 is 0 Å². The minimum Gasteiger partial charge on any atom is -0.467 e. The van der Waals surface area contributed by atoms with E-state index in [-0.39, 0.29) is 0 Å². The smallest absolute Gasteiger partial charge is 0.227 e. The van der Waals surface area contributed by atoms with Crippen LogP contribution in [0, 0.1) is 6.92 Å². The molecule has 0 aliphatic carbocycles. The van der Waals surface area contributed by atoms with Gasteiger partial charge in [0, 0.05) is 60.2 Å². The highest BCUT2D eigenvalue weighted by Gasteiger charge is 2.18. The molecule has 0 bridgehead atoms. The number of fused-ring (bicyclic) bond motifs is 1. The van der Waals surface area contributed by atoms with Crippen molar-refractivity contribution in [1.82, 2.24) is 15.0 Å². The van der Waals surface area contributed by atoms with Gasteiger partial charge in [-0.3, -0.25) is 4.98 Å². The molecular weight excluding hydrogens is 448 g/mol. The number of aromatic nitrogens is 3. The standard InChI is InChI=1S/C26H29ClN6O/c1-19-16-25(32-12-2-3-13-32)31-26(30-19)33(18-21-6-4-15-34-21)14-5-10-28-23-9-11-29-24-17-20(27)7-8-22(23)24/h4,6-9,11,15-17H,2-3,5,10,12-14,18H2,1H3,(H,28,29). The lowest BCUT2D eigenvalue weighted by Gasteiger charge is -2.24. The summed E-state index contributed by atoms with van der Waals surface area (Å²) in [5, 5.41) is 5.32. The Labute approximate surface area is 204 Å². The SMILES string of the molecule is Cc1cc(N2CCCC2)nc(N(CCCNc2ccnc3cc(Cl)ccc23)Cc2ccco2)n1. The van der Waals surface area contributed by atoms with Gasteiger partial charge in [0.25, 0.3) is 0 Å². The van der Waals surface area contributed by atoms with Crippen molar-refractivity contribution in [1.29, 1.82) is 0 Å². The normalized spacial score (nSPS) is 13.5. The first kappa shape index (κ1) is 22.5. The largest absolute Gasteiger partial charge is 0.467 e. The van der Waals surface area contributed by atoms with E-state index < -0.39 is 0 Å². The molecule has 0 unspecified atom stereocenters. The third-order valence-electron chi connectivity index (χ3n) is 6.09. The van der Waals surface area contributed by atoms with Crippen molar-refractivity contribution in [2.75, 3.05) is 41.3 Å². The maximum Gasteiger partial charge on any atom is 0.227 e. The van der Waals surface area contributed by atoms with E-state index in [9.17, 15) is 0 Å². The second-order valence-corrected chi connectivity index (χ2v) is 9.10. The Morgan fingerprint density at radius 1 is 1.12 bits per heavy atom. The van der Waals surface area contributed by atoms with Crippen LogP contribution in [0.3, 0.4) is 0 Å². The second-order valence-electron chi connectivity index (χ2n) is 8.66. The molecule has 7 nitrogen and oxygen atoms in total. The van der Waals surface area contributed by atoms with Crippen molar-refractivity contribution in [3.05, 3.63) is 71.4 Å². The summed E-state index contributed by atoms with van der Waals surface area (Å²) in [5.74, 6) is 2.67. The van der Waals surface area contributed by atoms with E-state index in [1.54, 1.807) is 6.26 Å². The fourth-order valence-corrected chi connectivity index (χ4v) is 4.56. The first-order valence-corrected chi connectivity index (χ1v) is 12.2. The quantitative estimate of drug-likeness (QED) is 0.311. The Kier molecular flexibility index (Phi) is 6.81. The number of furan rings is 1. The predicted octanol–water partition coefficient (Wildman–Crippen LogP) is 5.69. The Hall–Kier alpha value is -3.32. The highest BCUT2D eigenvalue weighted by atomic mass is 35.5. The first-order chi connectivity index (χ1) is 16.7. The van der Waals surface area contributed by atoms with E-state index in [4.69, 9.17) is 26.0 Å². The maximum atomic E-state index is 6.12. The van der Waals surface area contributed by atoms with Crippen LogP contribution in [0.5, 0.6) is 0 Å². The van der Waals surface area contributed by atoms with E-state index in [1.165, 1.54) is 12.8 Å². The fourth-order valence-electron chi connectivity index (χ4n) is 4.40. The summed E-state index contributed by atoms with van der Waals surface area (Å²) in [6.07, 6.45) is 6.87. The van der Waals surface area contributed by atoms with E-state index in [0.29, 0.717) is 11.6 Å². The molecule has 1 aliphatic rings. The van der Waals surface area contributed by atoms with Crippen LogP contribution in [0.25, 0.3) is 10.9 Å². The summed E-state index contributed by atoms with van der Waals surface area (Å²) in [7, 11) is 0. The summed E-state index contributed by atoms with van der Waals surface area (Å²) in [4.78, 5) is 18.7. The molecule has 4 heterocycles. The Balaban J connectivity index is 1.30. The molecule has 3 aromatic heterocycles. The van der Waals surface area contributed by atoms with Crippen LogP contribution < -0.4 is 15.1 Å². The zero-order chi connectivity index (χ0) is 23.3. The number of hydrogen-bond acceptors (Lipinski definition) is 7. The van der Waals surface area contributed by atoms with Crippen molar-refractivity contribution in [3.8, 4) is 0 Å². The lowest BCUT2D eigenvalue weighted by molar-refractivity contribution is 0.499. The highest BCUT2D eigenvalue weighted by molar-refractivity contribution is 6.31. The van der Waals surface area contributed by atoms with Crippen LogP contribution in [0.2, 0.25) is 5.02 Å². The molecule has 5 rings (SSSR count). The third kappa shape index (κ3) is 5.25. The van der Waals surface area contributed by atoms with Gasteiger partial charge in [-0.05, 0) is 62.6 Å². The van der Waals surface area contributed by atoms with Gasteiger partial charge in [-0.25, -0.2) is 4.98 Å². The van der Waals surface area contributed by atoms with Crippen molar-refractivity contribution >= 4 is 40.0 Å². The molecule has 0 saturated carbocycles. The van der Waals surface area contributed by atoms with Gasteiger partial charge in [-0.2, -0.15) is 4.98 Å². The molecule has 0 spiro atoms. The van der Waals surface area contributed by atoms with Gasteiger partial charge in [-0.1, -0.05) is 11.6 Å². The molecule has 1 aliphatic heterocycles. The van der Waals surface area contributed by atoms with Gasteiger partial charge in [0.1, 0.15) is 11.6 Å². The second kappa shape index (κ2) is 10.3. The van der Waals surface area contributed by atoms with Crippen molar-refractivity contribution < 1.29 is 4.42 Å². The average molecular weight is 477 g/mol. The van der Waals surface area contributed by atoms with Crippen LogP contribution >= 0.6 is 11.6 Å². The molecule has 0 amide bonds. The number of aryl methyl sites for hydroxylation is 1. The molecular formula is C26H29ClN6O. The zero-order valence-corrected chi connectivity index (χ0v) is 20.1. The Bertz CT molecular complexity index is 1240. The molecule has 0 atom stereocenters. The Morgan fingerprint density at radius 2 is 2.00 bits per heavy atom. The van der Waals surface area contributed by atoms with Crippen LogP contribution in [0.4, 0.5) is 17.5 Å². The molecule has 1 saturated heterocycles. The maximum absolute atomic E-state index is 6.12. The molecule has 1 fully saturated rings. The molecule has 8 heteroatoms. The fraction of sp³-hybridized carbons (Fsp3) is 0.346. The third-order valence-corrected chi connectivity index (χ3v) is 6.33. The summed E-state index contributed by atoms with van der Waals surface area (Å²) in [6, 6.07) is 13.8. The van der Waals surface area contributed by atoms with Crippen molar-refractivity contribution in [2.24, 2.45) is 0 Å². The number of nitrogens with one attached hydrogen (secondary N) is 1. The number of nitrogens with zero attached hydrogens (tertiary/aromatic N) is 5. The van der Waals surface area contributed by atoms with Gasteiger partial charge in [0.15, 0.2) is 0 Å². The van der Waals surface area contributed by atoms with Crippen LogP contribution in [-0.4, -0.2) is 41.1 Å². The molecule has 1 aromatic carbocycles. The number of pyridine rings is 1. The van der Waals surface area contributed by atoms with E-state index in [0.717, 1.165) is 72.4 Å². The Morgan fingerprint density at radius 3 is 2.82 bits per heavy atom. The summed E-state index contributed by atoms with van der Waals surface area (Å²) in [6.45, 7) is 6.39. The summed E-state index contributed by atoms with van der Waals surface area (Å²) < 4.78 is 5.64. The number of anilines is 3.